The maximum Gasteiger partial charge on any atom is 0.342 e. The van der Waals surface area contributed by atoms with Crippen LogP contribution in [0.5, 0.6) is 28.7 Å². The molecule has 136 valence electrons. The summed E-state index contributed by atoms with van der Waals surface area (Å²) >= 11 is 0. The van der Waals surface area contributed by atoms with Gasteiger partial charge in [0.15, 0.2) is 11.5 Å². The fourth-order valence-corrected chi connectivity index (χ4v) is 3.34. The molecule has 4 rings (SSSR count). The molecule has 2 heterocycles. The Morgan fingerprint density at radius 3 is 2.65 bits per heavy atom. The Kier molecular flexibility index (Phi) is 3.99. The van der Waals surface area contributed by atoms with Gasteiger partial charge in [0, 0.05) is 23.6 Å². The van der Waals surface area contributed by atoms with Crippen LogP contribution in [0.4, 0.5) is 0 Å². The van der Waals surface area contributed by atoms with Crippen LogP contribution < -0.4 is 23.7 Å². The summed E-state index contributed by atoms with van der Waals surface area (Å²) in [7, 11) is 4.65. The number of hydrogen-bond acceptors (Lipinski definition) is 7. The van der Waals surface area contributed by atoms with E-state index in [1.807, 2.05) is 12.1 Å². The molecule has 0 aromatic heterocycles. The number of benzene rings is 2. The lowest BCUT2D eigenvalue weighted by atomic mass is 9.97. The highest BCUT2D eigenvalue weighted by Crippen LogP contribution is 2.46. The molecule has 2 aliphatic rings. The Balaban J connectivity index is 1.73. The van der Waals surface area contributed by atoms with Crippen molar-refractivity contribution in [2.24, 2.45) is 0 Å². The summed E-state index contributed by atoms with van der Waals surface area (Å²) in [6.45, 7) is 0.158. The zero-order valence-electron chi connectivity index (χ0n) is 14.7. The van der Waals surface area contributed by atoms with Crippen molar-refractivity contribution < 1.29 is 33.2 Å². The van der Waals surface area contributed by atoms with Crippen molar-refractivity contribution in [3.05, 3.63) is 41.0 Å². The van der Waals surface area contributed by atoms with E-state index in [0.717, 1.165) is 11.1 Å². The smallest absolute Gasteiger partial charge is 0.342 e. The number of esters is 1. The molecule has 0 aliphatic carbocycles. The highest BCUT2D eigenvalue weighted by molar-refractivity contribution is 5.97. The van der Waals surface area contributed by atoms with Gasteiger partial charge < -0.3 is 28.4 Å². The van der Waals surface area contributed by atoms with Crippen molar-refractivity contribution in [1.82, 2.24) is 0 Å². The minimum atomic E-state index is -0.476. The molecule has 0 radical (unpaired) electrons. The van der Waals surface area contributed by atoms with E-state index in [-0.39, 0.29) is 6.79 Å². The molecule has 1 atom stereocenters. The Hall–Kier alpha value is -3.09. The van der Waals surface area contributed by atoms with Gasteiger partial charge in [0.25, 0.3) is 0 Å². The largest absolute Gasteiger partial charge is 0.497 e. The first-order valence-corrected chi connectivity index (χ1v) is 8.08. The molecule has 0 saturated carbocycles. The molecule has 0 amide bonds. The normalized spacial score (nSPS) is 16.9. The number of methoxy groups -OCH3 is 3. The van der Waals surface area contributed by atoms with Gasteiger partial charge in [-0.2, -0.15) is 0 Å². The van der Waals surface area contributed by atoms with E-state index >= 15 is 0 Å². The van der Waals surface area contributed by atoms with Crippen molar-refractivity contribution >= 4 is 5.97 Å². The van der Waals surface area contributed by atoms with E-state index in [9.17, 15) is 4.79 Å². The summed E-state index contributed by atoms with van der Waals surface area (Å²) in [5.74, 6) is 2.41. The summed E-state index contributed by atoms with van der Waals surface area (Å²) in [5.41, 5.74) is 2.01. The third kappa shape index (κ3) is 2.47. The molecule has 2 aromatic carbocycles. The number of hydrogen-bond donors (Lipinski definition) is 0. The zero-order chi connectivity index (χ0) is 18.3. The number of cyclic esters (lactones) is 1. The lowest BCUT2D eigenvalue weighted by Gasteiger charge is -2.15. The quantitative estimate of drug-likeness (QED) is 0.761. The van der Waals surface area contributed by atoms with Crippen LogP contribution in [0.1, 0.15) is 27.6 Å². The van der Waals surface area contributed by atoms with Crippen LogP contribution in [-0.2, 0) is 11.2 Å². The van der Waals surface area contributed by atoms with Gasteiger partial charge in [-0.05, 0) is 12.1 Å². The maximum atomic E-state index is 12.4. The molecule has 7 heteroatoms. The van der Waals surface area contributed by atoms with E-state index in [0.29, 0.717) is 40.7 Å². The standard InChI is InChI=1S/C19H18O7/c1-21-11-7-12-14(26-19(20)16(12)15(8-11)22-2)6-10-4-5-13-18(17(10)23-3)25-9-24-13/h4-5,7-8,14H,6,9H2,1-3H3/t14-/m0/s1. The molecule has 0 saturated heterocycles. The number of rotatable bonds is 5. The van der Waals surface area contributed by atoms with Crippen LogP contribution in [0.2, 0.25) is 0 Å². The Bertz CT molecular complexity index is 875. The van der Waals surface area contributed by atoms with Crippen molar-refractivity contribution in [3.8, 4) is 28.7 Å². The molecule has 0 bridgehead atoms. The van der Waals surface area contributed by atoms with Crippen molar-refractivity contribution in [2.45, 2.75) is 12.5 Å². The first-order valence-electron chi connectivity index (χ1n) is 8.08. The number of carbonyl (C=O) groups is 1. The molecule has 0 N–H and O–H groups in total. The van der Waals surface area contributed by atoms with Crippen LogP contribution in [-0.4, -0.2) is 34.1 Å². The van der Waals surface area contributed by atoms with Crippen LogP contribution in [0.15, 0.2) is 24.3 Å². The van der Waals surface area contributed by atoms with Crippen LogP contribution in [0, 0.1) is 0 Å². The zero-order valence-corrected chi connectivity index (χ0v) is 14.7. The summed E-state index contributed by atoms with van der Waals surface area (Å²) in [5, 5.41) is 0. The molecule has 2 aliphatic heterocycles. The van der Waals surface area contributed by atoms with Gasteiger partial charge in [0.2, 0.25) is 12.5 Å². The minimum absolute atomic E-state index is 0.158. The predicted octanol–water partition coefficient (Wildman–Crippen LogP) is 2.90. The molecular weight excluding hydrogens is 340 g/mol. The third-order valence-corrected chi connectivity index (χ3v) is 4.55. The molecular formula is C19H18O7. The molecule has 0 unspecified atom stereocenters. The second-order valence-corrected chi connectivity index (χ2v) is 5.88. The maximum absolute atomic E-state index is 12.4. The van der Waals surface area contributed by atoms with E-state index in [1.54, 1.807) is 26.4 Å². The predicted molar refractivity (Wildman–Crippen MR) is 90.5 cm³/mol. The molecule has 2 aromatic rings. The lowest BCUT2D eigenvalue weighted by molar-refractivity contribution is 0.0384. The first-order chi connectivity index (χ1) is 12.7. The van der Waals surface area contributed by atoms with Gasteiger partial charge in [-0.15, -0.1) is 0 Å². The summed E-state index contributed by atoms with van der Waals surface area (Å²) in [6, 6.07) is 7.18. The Morgan fingerprint density at radius 1 is 1.08 bits per heavy atom. The first kappa shape index (κ1) is 16.4. The monoisotopic (exact) mass is 358 g/mol. The molecule has 26 heavy (non-hydrogen) atoms. The lowest BCUT2D eigenvalue weighted by Crippen LogP contribution is -2.04. The number of ether oxygens (including phenoxy) is 6. The van der Waals surface area contributed by atoms with E-state index in [1.165, 1.54) is 7.11 Å². The van der Waals surface area contributed by atoms with E-state index in [2.05, 4.69) is 0 Å². The van der Waals surface area contributed by atoms with Gasteiger partial charge in [-0.3, -0.25) is 0 Å². The number of fused-ring (bicyclic) bond motifs is 2. The van der Waals surface area contributed by atoms with E-state index < -0.39 is 12.1 Å². The third-order valence-electron chi connectivity index (χ3n) is 4.55. The van der Waals surface area contributed by atoms with Gasteiger partial charge in [0.1, 0.15) is 23.2 Å². The highest BCUT2D eigenvalue weighted by Gasteiger charge is 2.36. The highest BCUT2D eigenvalue weighted by atomic mass is 16.7. The van der Waals surface area contributed by atoms with Crippen molar-refractivity contribution in [3.63, 3.8) is 0 Å². The summed E-state index contributed by atoms with van der Waals surface area (Å²) in [6.07, 6.45) is -0.0507. The number of carbonyl (C=O) groups excluding carboxylic acids is 1. The Morgan fingerprint density at radius 2 is 1.92 bits per heavy atom. The molecule has 0 fully saturated rings. The second kappa shape index (κ2) is 6.33. The second-order valence-electron chi connectivity index (χ2n) is 5.88. The average Bonchev–Trinajstić information content (AvgIpc) is 3.25. The van der Waals surface area contributed by atoms with Crippen LogP contribution in [0.3, 0.4) is 0 Å². The van der Waals surface area contributed by atoms with Gasteiger partial charge >= 0.3 is 5.97 Å². The summed E-state index contributed by atoms with van der Waals surface area (Å²) < 4.78 is 32.6. The SMILES string of the molecule is COc1cc(OC)c2c(c1)[C@H](Cc1ccc3c(c1OC)OCO3)OC2=O. The average molecular weight is 358 g/mol. The van der Waals surface area contributed by atoms with Crippen molar-refractivity contribution in [1.29, 1.82) is 0 Å². The minimum Gasteiger partial charge on any atom is -0.497 e. The fourth-order valence-electron chi connectivity index (χ4n) is 3.34. The molecule has 7 nitrogen and oxygen atoms in total. The van der Waals surface area contributed by atoms with Gasteiger partial charge in [-0.25, -0.2) is 4.79 Å². The van der Waals surface area contributed by atoms with Crippen molar-refractivity contribution in [2.75, 3.05) is 28.1 Å². The Labute approximate surface area is 150 Å². The summed E-state index contributed by atoms with van der Waals surface area (Å²) in [4.78, 5) is 12.4. The topological polar surface area (TPSA) is 72.5 Å². The molecule has 0 spiro atoms. The van der Waals surface area contributed by atoms with Crippen LogP contribution in [0.25, 0.3) is 0 Å². The van der Waals surface area contributed by atoms with E-state index in [4.69, 9.17) is 28.4 Å². The van der Waals surface area contributed by atoms with Crippen LogP contribution >= 0.6 is 0 Å². The van der Waals surface area contributed by atoms with Gasteiger partial charge in [0.05, 0.1) is 21.3 Å². The fraction of sp³-hybridized carbons (Fsp3) is 0.316. The van der Waals surface area contributed by atoms with Gasteiger partial charge in [-0.1, -0.05) is 6.07 Å².